The lowest BCUT2D eigenvalue weighted by molar-refractivity contribution is -0.163. The maximum Gasteiger partial charge on any atom is 0.594 e. The fourth-order valence-electron chi connectivity index (χ4n) is 5.12. The third kappa shape index (κ3) is 6.44. The summed E-state index contributed by atoms with van der Waals surface area (Å²) in [6.45, 7) is 1.86. The summed E-state index contributed by atoms with van der Waals surface area (Å²) in [6.07, 6.45) is -2.32. The number of pyridine rings is 1. The molecule has 5 atom stereocenters. The average Bonchev–Trinajstić information content (AvgIpc) is 3.15. The third-order valence-corrected chi connectivity index (χ3v) is 7.13. The molecule has 0 radical (unpaired) electrons. The molecule has 42 heavy (non-hydrogen) atoms. The molecule has 0 spiro atoms. The van der Waals surface area contributed by atoms with E-state index in [0.717, 1.165) is 12.7 Å². The average molecular weight is 583 g/mol. The van der Waals surface area contributed by atoms with Crippen molar-refractivity contribution in [1.29, 1.82) is 0 Å². The highest BCUT2D eigenvalue weighted by atomic mass is 16.8. The standard InChI is InChI=1S/C28H34BN3O10/c1-16(2)13-21(29-40-23(35)15-28(42-29,27(38)41-29)14-22(34)39-4)31-26(37)24(17(3)33)32-25(36)20-12-8-11-19(30-20)18-9-6-5-7-10-18/h5-12,16-17,21,24,33,41H,13-15H2,1-4H3,(H,31,37)(H,32,36)/t17-,21+,24+,28-,29?/m1/s1. The normalized spacial score (nSPS) is 23.3. The molecule has 1 aromatic carbocycles. The van der Waals surface area contributed by atoms with Crippen LogP contribution in [0.25, 0.3) is 11.3 Å². The minimum atomic E-state index is -3.11. The third-order valence-electron chi connectivity index (χ3n) is 7.13. The van der Waals surface area contributed by atoms with Gasteiger partial charge < -0.3 is 34.4 Å². The lowest BCUT2D eigenvalue weighted by Crippen LogP contribution is -2.67. The van der Waals surface area contributed by atoms with Gasteiger partial charge in [-0.1, -0.05) is 56.7 Å². The molecule has 0 aliphatic carbocycles. The first-order valence-electron chi connectivity index (χ1n) is 13.6. The number of rotatable bonds is 11. The predicted molar refractivity (Wildman–Crippen MR) is 148 cm³/mol. The van der Waals surface area contributed by atoms with Crippen LogP contribution in [0.2, 0.25) is 0 Å². The van der Waals surface area contributed by atoms with E-state index in [1.54, 1.807) is 12.1 Å². The van der Waals surface area contributed by atoms with Crippen LogP contribution >= 0.6 is 0 Å². The van der Waals surface area contributed by atoms with Crippen molar-refractivity contribution in [3.05, 3.63) is 54.2 Å². The number of carbonyl (C=O) groups excluding carboxylic acids is 4. The van der Waals surface area contributed by atoms with Crippen molar-refractivity contribution in [1.82, 2.24) is 15.6 Å². The second-order valence-corrected chi connectivity index (χ2v) is 10.9. The second kappa shape index (κ2) is 12.3. The Morgan fingerprint density at radius 3 is 2.45 bits per heavy atom. The monoisotopic (exact) mass is 583 g/mol. The maximum atomic E-state index is 13.5. The fourth-order valence-corrected chi connectivity index (χ4v) is 5.12. The molecule has 2 aliphatic rings. The molecule has 224 valence electrons. The van der Waals surface area contributed by atoms with Gasteiger partial charge >= 0.3 is 18.7 Å². The molecule has 2 saturated heterocycles. The summed E-state index contributed by atoms with van der Waals surface area (Å²) in [5.74, 6) is -5.29. The van der Waals surface area contributed by atoms with Crippen LogP contribution in [0.3, 0.4) is 0 Å². The smallest absolute Gasteiger partial charge is 0.594 e. The topological polar surface area (TPSA) is 183 Å². The van der Waals surface area contributed by atoms with Crippen molar-refractivity contribution < 1.29 is 47.8 Å². The Kier molecular flexibility index (Phi) is 8.97. The zero-order valence-corrected chi connectivity index (χ0v) is 23.7. The number of methoxy groups -OCH3 is 1. The number of aromatic nitrogens is 1. The van der Waals surface area contributed by atoms with Gasteiger partial charge in [0.15, 0.2) is 0 Å². The van der Waals surface area contributed by atoms with Gasteiger partial charge in [0.2, 0.25) is 11.5 Å². The van der Waals surface area contributed by atoms with Gasteiger partial charge in [-0.15, -0.1) is 0 Å². The van der Waals surface area contributed by atoms with Crippen molar-refractivity contribution in [2.24, 2.45) is 5.92 Å². The Balaban J connectivity index is 1.56. The van der Waals surface area contributed by atoms with Crippen molar-refractivity contribution in [3.8, 4) is 11.3 Å². The van der Waals surface area contributed by atoms with E-state index in [2.05, 4.69) is 25.0 Å². The zero-order valence-electron chi connectivity index (χ0n) is 23.7. The highest BCUT2D eigenvalue weighted by Gasteiger charge is 2.70. The summed E-state index contributed by atoms with van der Waals surface area (Å²) < 4.78 is 20.1. The molecule has 2 bridgehead atoms. The molecule has 2 aliphatic heterocycles. The number of aliphatic hydroxyl groups is 1. The fraction of sp³-hybridized carbons (Fsp3) is 0.429. The van der Waals surface area contributed by atoms with Gasteiger partial charge in [0, 0.05) is 16.3 Å². The summed E-state index contributed by atoms with van der Waals surface area (Å²) in [7, 11) is 1.13. The molecule has 2 amide bonds. The number of fused-ring (bicyclic) bond motifs is 2. The maximum absolute atomic E-state index is 13.5. The molecular formula is C28H34BN3O10. The number of aliphatic carboxylic acids is 1. The predicted octanol–water partition coefficient (Wildman–Crippen LogP) is 0.570. The van der Waals surface area contributed by atoms with Crippen LogP contribution in [0.1, 0.15) is 50.5 Å². The number of hydrogen-bond donors (Lipinski definition) is 3. The number of hydrogen-bond acceptors (Lipinski definition) is 10. The number of nitrogens with zero attached hydrogens (tertiary/aromatic N) is 1. The van der Waals surface area contributed by atoms with E-state index in [-0.39, 0.29) is 18.0 Å². The number of benzene rings is 1. The van der Waals surface area contributed by atoms with Crippen LogP contribution in [-0.4, -0.2) is 82.0 Å². The van der Waals surface area contributed by atoms with Crippen molar-refractivity contribution in [3.63, 3.8) is 0 Å². The van der Waals surface area contributed by atoms with E-state index >= 15 is 0 Å². The Labute approximate surface area is 242 Å². The molecule has 2 fully saturated rings. The van der Waals surface area contributed by atoms with Gasteiger partial charge in [0.05, 0.1) is 31.7 Å². The minimum Gasteiger partial charge on any atom is -0.715 e. The van der Waals surface area contributed by atoms with Crippen LogP contribution in [0.5, 0.6) is 0 Å². The molecule has 1 aromatic heterocycles. The molecule has 2 aromatic rings. The van der Waals surface area contributed by atoms with E-state index in [1.807, 2.05) is 44.2 Å². The molecule has 4 N–H and O–H groups in total. The van der Waals surface area contributed by atoms with E-state index in [1.165, 1.54) is 13.0 Å². The molecular weight excluding hydrogens is 549 g/mol. The van der Waals surface area contributed by atoms with Crippen molar-refractivity contribution >= 4 is 36.5 Å². The summed E-state index contributed by atoms with van der Waals surface area (Å²) in [5.41, 5.74) is -0.560. The SMILES string of the molecule is COC(=O)C[C@]12CC(=O)O[B-]([C@H](CC(C)C)NC(=O)[C@@H](NC(=O)c3cccc(-c4ccccc4)n3)[C@@H](C)O)(O1)[OH+]C2=O. The lowest BCUT2D eigenvalue weighted by atomic mass is 9.64. The Morgan fingerprint density at radius 2 is 1.81 bits per heavy atom. The van der Waals surface area contributed by atoms with Crippen LogP contribution in [0.4, 0.5) is 0 Å². The van der Waals surface area contributed by atoms with E-state index in [0.29, 0.717) is 5.69 Å². The quantitative estimate of drug-likeness (QED) is 0.192. The Morgan fingerprint density at radius 1 is 1.10 bits per heavy atom. The largest absolute Gasteiger partial charge is 0.715 e. The van der Waals surface area contributed by atoms with Gasteiger partial charge in [-0.3, -0.25) is 19.2 Å². The van der Waals surface area contributed by atoms with Gasteiger partial charge in [-0.05, 0) is 25.0 Å². The highest BCUT2D eigenvalue weighted by Crippen LogP contribution is 2.41. The van der Waals surface area contributed by atoms with Crippen LogP contribution in [-0.2, 0) is 33.2 Å². The summed E-state index contributed by atoms with van der Waals surface area (Å²) in [5, 5.41) is 15.6. The number of nitrogens with one attached hydrogen (secondary N) is 2. The van der Waals surface area contributed by atoms with E-state index in [9.17, 15) is 29.1 Å². The molecule has 4 rings (SSSR count). The van der Waals surface area contributed by atoms with Crippen molar-refractivity contribution in [2.75, 3.05) is 7.11 Å². The Bertz CT molecular complexity index is 1370. The van der Waals surface area contributed by atoms with E-state index in [4.69, 9.17) is 9.31 Å². The molecule has 13 nitrogen and oxygen atoms in total. The number of ether oxygens (including phenoxy) is 1. The van der Waals surface area contributed by atoms with Crippen LogP contribution in [0.15, 0.2) is 48.5 Å². The number of carboxylic acids is 1. The summed E-state index contributed by atoms with van der Waals surface area (Å²) in [6, 6.07) is 12.6. The zero-order chi connectivity index (χ0) is 30.7. The van der Waals surface area contributed by atoms with Crippen LogP contribution in [0, 0.1) is 5.92 Å². The number of esters is 1. The van der Waals surface area contributed by atoms with Gasteiger partial charge in [-0.25, -0.2) is 4.98 Å². The minimum absolute atomic E-state index is 0.0184. The van der Waals surface area contributed by atoms with Gasteiger partial charge in [0.1, 0.15) is 11.7 Å². The van der Waals surface area contributed by atoms with Crippen molar-refractivity contribution in [2.45, 2.75) is 63.7 Å². The lowest BCUT2D eigenvalue weighted by Gasteiger charge is -2.43. The number of carbonyl (C=O) groups is 5. The summed E-state index contributed by atoms with van der Waals surface area (Å²) >= 11 is 0. The number of amides is 2. The first kappa shape index (κ1) is 30.7. The van der Waals surface area contributed by atoms with E-state index < -0.39 is 73.0 Å². The molecule has 14 heteroatoms. The number of aliphatic hydroxyl groups excluding tert-OH is 1. The first-order valence-corrected chi connectivity index (χ1v) is 13.6. The Hall–Kier alpha value is -4.30. The van der Waals surface area contributed by atoms with Gasteiger partial charge in [0.25, 0.3) is 11.9 Å². The first-order chi connectivity index (χ1) is 19.9. The molecule has 1 unspecified atom stereocenters. The summed E-state index contributed by atoms with van der Waals surface area (Å²) in [4.78, 5) is 68.7. The van der Waals surface area contributed by atoms with Crippen LogP contribution < -0.4 is 10.6 Å². The molecule has 0 saturated carbocycles. The molecule has 3 heterocycles. The van der Waals surface area contributed by atoms with Gasteiger partial charge in [-0.2, -0.15) is 0 Å². The highest BCUT2D eigenvalue weighted by molar-refractivity contribution is 6.67. The second-order valence-electron chi connectivity index (χ2n) is 10.9.